The summed E-state index contributed by atoms with van der Waals surface area (Å²) in [6.45, 7) is 0. The van der Waals surface area contributed by atoms with Crippen LogP contribution in [0.1, 0.15) is 5.56 Å². The second-order valence-electron chi connectivity index (χ2n) is 3.98. The van der Waals surface area contributed by atoms with Gasteiger partial charge >= 0.3 is 0 Å². The molecule has 0 atom stereocenters. The summed E-state index contributed by atoms with van der Waals surface area (Å²) in [6.07, 6.45) is 0. The molecule has 0 bridgehead atoms. The van der Waals surface area contributed by atoms with Crippen molar-refractivity contribution in [1.82, 2.24) is 0 Å². The molecule has 0 saturated carbocycles. The number of sulfonamides is 1. The molecule has 0 aliphatic heterocycles. The Morgan fingerprint density at radius 3 is 2.48 bits per heavy atom. The van der Waals surface area contributed by atoms with E-state index in [1.807, 2.05) is 6.07 Å². The number of nitrogens with zero attached hydrogens (tertiary/aromatic N) is 1. The molecule has 1 N–H and O–H groups in total. The fourth-order valence-electron chi connectivity index (χ4n) is 1.55. The maximum atomic E-state index is 13.1. The van der Waals surface area contributed by atoms with Gasteiger partial charge in [0, 0.05) is 5.02 Å². The Morgan fingerprint density at radius 1 is 1.14 bits per heavy atom. The number of nitrogens with one attached hydrogen (secondary N) is 1. The third-order valence-corrected chi connectivity index (χ3v) is 4.44. The molecule has 0 unspecified atom stereocenters. The molecule has 4 nitrogen and oxygen atoms in total. The first-order chi connectivity index (χ1) is 9.83. The first-order valence-corrected chi connectivity index (χ1v) is 7.75. The van der Waals surface area contributed by atoms with Crippen LogP contribution < -0.4 is 4.72 Å². The van der Waals surface area contributed by atoms with Gasteiger partial charge in [-0.05, 0) is 36.4 Å². The normalized spacial score (nSPS) is 11.0. The van der Waals surface area contributed by atoms with Crippen LogP contribution in [0.25, 0.3) is 0 Å². The van der Waals surface area contributed by atoms with Gasteiger partial charge in [-0.1, -0.05) is 23.2 Å². The molecule has 0 amide bonds. The van der Waals surface area contributed by atoms with Crippen molar-refractivity contribution in [3.63, 3.8) is 0 Å². The zero-order chi connectivity index (χ0) is 15.6. The lowest BCUT2D eigenvalue weighted by molar-refractivity contribution is 0.599. The van der Waals surface area contributed by atoms with Gasteiger partial charge < -0.3 is 0 Å². The minimum absolute atomic E-state index is 0.0328. The van der Waals surface area contributed by atoms with Crippen LogP contribution in [0.3, 0.4) is 0 Å². The van der Waals surface area contributed by atoms with Gasteiger partial charge in [0.25, 0.3) is 10.0 Å². The SMILES string of the molecule is N#Cc1ccc(Cl)cc1NS(=O)(=O)c1ccc(F)c(Cl)c1. The molecular weight excluding hydrogens is 338 g/mol. The van der Waals surface area contributed by atoms with Gasteiger partial charge in [0.2, 0.25) is 0 Å². The summed E-state index contributed by atoms with van der Waals surface area (Å²) < 4.78 is 39.7. The second kappa shape index (κ2) is 5.90. The van der Waals surface area contributed by atoms with Crippen LogP contribution in [-0.4, -0.2) is 8.42 Å². The molecule has 2 aromatic carbocycles. The largest absolute Gasteiger partial charge is 0.278 e. The van der Waals surface area contributed by atoms with Gasteiger partial charge in [-0.25, -0.2) is 12.8 Å². The Balaban J connectivity index is 2.45. The average molecular weight is 345 g/mol. The number of halogens is 3. The number of nitriles is 1. The molecule has 21 heavy (non-hydrogen) atoms. The minimum Gasteiger partial charge on any atom is -0.278 e. The van der Waals surface area contributed by atoms with E-state index >= 15 is 0 Å². The van der Waals surface area contributed by atoms with Crippen LogP contribution in [0.4, 0.5) is 10.1 Å². The zero-order valence-electron chi connectivity index (χ0n) is 10.3. The molecule has 8 heteroatoms. The van der Waals surface area contributed by atoms with Gasteiger partial charge in [0.15, 0.2) is 0 Å². The van der Waals surface area contributed by atoms with Crippen LogP contribution in [-0.2, 0) is 10.0 Å². The highest BCUT2D eigenvalue weighted by atomic mass is 35.5. The molecule has 2 aromatic rings. The van der Waals surface area contributed by atoms with E-state index in [0.29, 0.717) is 0 Å². The van der Waals surface area contributed by atoms with E-state index in [1.165, 1.54) is 18.2 Å². The highest BCUT2D eigenvalue weighted by Gasteiger charge is 2.18. The molecule has 108 valence electrons. The van der Waals surface area contributed by atoms with Crippen LogP contribution in [0.5, 0.6) is 0 Å². The van der Waals surface area contributed by atoms with Crippen molar-refractivity contribution < 1.29 is 12.8 Å². The van der Waals surface area contributed by atoms with Gasteiger partial charge in [0.05, 0.1) is 21.2 Å². The maximum Gasteiger partial charge on any atom is 0.261 e. The fraction of sp³-hybridized carbons (Fsp3) is 0. The third-order valence-electron chi connectivity index (χ3n) is 2.55. The Bertz CT molecular complexity index is 848. The molecule has 2 rings (SSSR count). The van der Waals surface area contributed by atoms with Crippen molar-refractivity contribution >= 4 is 38.9 Å². The van der Waals surface area contributed by atoms with E-state index < -0.39 is 15.8 Å². The van der Waals surface area contributed by atoms with E-state index in [9.17, 15) is 12.8 Å². The van der Waals surface area contributed by atoms with Crippen molar-refractivity contribution in [3.05, 3.63) is 57.8 Å². The van der Waals surface area contributed by atoms with E-state index in [2.05, 4.69) is 4.72 Å². The maximum absolute atomic E-state index is 13.1. The fourth-order valence-corrected chi connectivity index (χ4v) is 3.06. The predicted octanol–water partition coefficient (Wildman–Crippen LogP) is 3.80. The van der Waals surface area contributed by atoms with Gasteiger partial charge in [0.1, 0.15) is 11.9 Å². The lowest BCUT2D eigenvalue weighted by Gasteiger charge is -2.10. The van der Waals surface area contributed by atoms with Crippen LogP contribution in [0.15, 0.2) is 41.3 Å². The number of hydrogen-bond donors (Lipinski definition) is 1. The van der Waals surface area contributed by atoms with Gasteiger partial charge in [-0.3, -0.25) is 4.72 Å². The molecular formula is C13H7Cl2FN2O2S. The standard InChI is InChI=1S/C13H7Cl2FN2O2S/c14-9-2-1-8(7-17)13(5-9)18-21(19,20)10-3-4-12(16)11(15)6-10/h1-6,18H. The molecule has 0 aliphatic carbocycles. The Hall–Kier alpha value is -1.81. The Morgan fingerprint density at radius 2 is 1.86 bits per heavy atom. The van der Waals surface area contributed by atoms with Crippen LogP contribution in [0.2, 0.25) is 10.0 Å². The summed E-state index contributed by atoms with van der Waals surface area (Å²) >= 11 is 11.3. The molecule has 0 spiro atoms. The monoisotopic (exact) mass is 344 g/mol. The average Bonchev–Trinajstić information content (AvgIpc) is 2.41. The van der Waals surface area contributed by atoms with E-state index in [0.717, 1.165) is 18.2 Å². The minimum atomic E-state index is -4.01. The van der Waals surface area contributed by atoms with Crippen molar-refractivity contribution in [2.75, 3.05) is 4.72 Å². The van der Waals surface area contributed by atoms with Crippen molar-refractivity contribution in [3.8, 4) is 6.07 Å². The zero-order valence-corrected chi connectivity index (χ0v) is 12.6. The highest BCUT2D eigenvalue weighted by molar-refractivity contribution is 7.92. The summed E-state index contributed by atoms with van der Waals surface area (Å²) in [6, 6.07) is 9.00. The van der Waals surface area contributed by atoms with Crippen molar-refractivity contribution in [2.24, 2.45) is 0 Å². The topological polar surface area (TPSA) is 70.0 Å². The first kappa shape index (κ1) is 15.6. The lowest BCUT2D eigenvalue weighted by Crippen LogP contribution is -2.14. The summed E-state index contributed by atoms with van der Waals surface area (Å²) in [4.78, 5) is -0.224. The second-order valence-corrected chi connectivity index (χ2v) is 6.51. The van der Waals surface area contributed by atoms with E-state index in [1.54, 1.807) is 0 Å². The van der Waals surface area contributed by atoms with Crippen molar-refractivity contribution in [1.29, 1.82) is 5.26 Å². The molecule has 0 heterocycles. The summed E-state index contributed by atoms with van der Waals surface area (Å²) in [5.74, 6) is -0.726. The number of anilines is 1. The Labute approximate surface area is 130 Å². The molecule has 0 radical (unpaired) electrons. The van der Waals surface area contributed by atoms with Crippen LogP contribution in [0, 0.1) is 17.1 Å². The van der Waals surface area contributed by atoms with Gasteiger partial charge in [-0.2, -0.15) is 5.26 Å². The van der Waals surface area contributed by atoms with E-state index in [4.69, 9.17) is 28.5 Å². The summed E-state index contributed by atoms with van der Waals surface area (Å²) in [5, 5.41) is 8.91. The van der Waals surface area contributed by atoms with E-state index in [-0.39, 0.29) is 26.2 Å². The summed E-state index contributed by atoms with van der Waals surface area (Å²) in [7, 11) is -4.01. The third kappa shape index (κ3) is 3.45. The smallest absolute Gasteiger partial charge is 0.261 e. The molecule has 0 aromatic heterocycles. The Kier molecular flexibility index (Phi) is 4.37. The molecule has 0 fully saturated rings. The molecule has 0 aliphatic rings. The predicted molar refractivity (Wildman–Crippen MR) is 78.4 cm³/mol. The molecule has 0 saturated heterocycles. The number of rotatable bonds is 3. The van der Waals surface area contributed by atoms with Crippen LogP contribution >= 0.6 is 23.2 Å². The first-order valence-electron chi connectivity index (χ1n) is 5.51. The quantitative estimate of drug-likeness (QED) is 0.920. The van der Waals surface area contributed by atoms with Crippen molar-refractivity contribution in [2.45, 2.75) is 4.90 Å². The summed E-state index contributed by atoms with van der Waals surface area (Å²) in [5.41, 5.74) is 0.140. The lowest BCUT2D eigenvalue weighted by atomic mass is 10.2. The number of benzene rings is 2. The van der Waals surface area contributed by atoms with Gasteiger partial charge in [-0.15, -0.1) is 0 Å². The highest BCUT2D eigenvalue weighted by Crippen LogP contribution is 2.25. The number of hydrogen-bond acceptors (Lipinski definition) is 3.